The highest BCUT2D eigenvalue weighted by Crippen LogP contribution is 2.27. The average molecular weight is 464 g/mol. The van der Waals surface area contributed by atoms with Gasteiger partial charge in [-0.25, -0.2) is 4.79 Å². The molecule has 4 aromatic carbocycles. The predicted molar refractivity (Wildman–Crippen MR) is 140 cm³/mol. The molecule has 4 heteroatoms. The maximum Gasteiger partial charge on any atom is 0.339 e. The molecule has 0 aliphatic carbocycles. The van der Waals surface area contributed by atoms with Gasteiger partial charge in [0.05, 0.1) is 5.56 Å². The van der Waals surface area contributed by atoms with Crippen molar-refractivity contribution in [2.24, 2.45) is 0 Å². The minimum Gasteiger partial charge on any atom is -0.449 e. The van der Waals surface area contributed by atoms with Crippen molar-refractivity contribution in [3.05, 3.63) is 137 Å². The summed E-state index contributed by atoms with van der Waals surface area (Å²) in [5.41, 5.74) is 4.58. The monoisotopic (exact) mass is 463 g/mol. The second kappa shape index (κ2) is 10.4. The highest BCUT2D eigenvalue weighted by molar-refractivity contribution is 6.04. The van der Waals surface area contributed by atoms with Crippen molar-refractivity contribution < 1.29 is 14.3 Å². The van der Waals surface area contributed by atoms with Crippen molar-refractivity contribution in [2.75, 3.05) is 5.32 Å². The van der Waals surface area contributed by atoms with Gasteiger partial charge in [0, 0.05) is 11.3 Å². The maximum absolute atomic E-state index is 13.0. The van der Waals surface area contributed by atoms with E-state index >= 15 is 0 Å². The maximum atomic E-state index is 13.0. The quantitative estimate of drug-likeness (QED) is 0.308. The first-order valence-electron chi connectivity index (χ1n) is 11.6. The van der Waals surface area contributed by atoms with Crippen molar-refractivity contribution >= 4 is 17.6 Å². The molecule has 0 bridgehead atoms. The third kappa shape index (κ3) is 6.04. The molecule has 0 aliphatic rings. The Morgan fingerprint density at radius 1 is 0.657 bits per heavy atom. The molecule has 0 saturated heterocycles. The van der Waals surface area contributed by atoms with Crippen molar-refractivity contribution in [1.82, 2.24) is 0 Å². The lowest BCUT2D eigenvalue weighted by Gasteiger charge is -2.19. The van der Waals surface area contributed by atoms with Crippen LogP contribution in [0.2, 0.25) is 0 Å². The number of hydrogen-bond donors (Lipinski definition) is 1. The largest absolute Gasteiger partial charge is 0.449 e. The molecular formula is C31H29NO3. The van der Waals surface area contributed by atoms with Gasteiger partial charge in [-0.3, -0.25) is 4.79 Å². The number of ether oxygens (including phenoxy) is 1. The molecule has 0 spiro atoms. The zero-order valence-electron chi connectivity index (χ0n) is 20.2. The van der Waals surface area contributed by atoms with Gasteiger partial charge in [-0.05, 0) is 58.5 Å². The summed E-state index contributed by atoms with van der Waals surface area (Å²) in [6.07, 6.45) is -0.514. The first-order chi connectivity index (χ1) is 16.8. The average Bonchev–Trinajstić information content (AvgIpc) is 2.88. The fourth-order valence-electron chi connectivity index (χ4n) is 3.77. The molecule has 4 nitrogen and oxygen atoms in total. The lowest BCUT2D eigenvalue weighted by Crippen LogP contribution is -2.15. The molecule has 0 aliphatic heterocycles. The molecule has 0 atom stereocenters. The molecular weight excluding hydrogens is 434 g/mol. The van der Waals surface area contributed by atoms with Gasteiger partial charge in [0.1, 0.15) is 0 Å². The fourth-order valence-corrected chi connectivity index (χ4v) is 3.77. The summed E-state index contributed by atoms with van der Waals surface area (Å²) in [6, 6.07) is 33.7. The topological polar surface area (TPSA) is 55.4 Å². The molecule has 4 rings (SSSR count). The van der Waals surface area contributed by atoms with Crippen LogP contribution in [0.25, 0.3) is 0 Å². The van der Waals surface area contributed by atoms with Crippen LogP contribution < -0.4 is 5.32 Å². The van der Waals surface area contributed by atoms with Crippen molar-refractivity contribution in [3.63, 3.8) is 0 Å². The summed E-state index contributed by atoms with van der Waals surface area (Å²) in [6.45, 7) is 6.41. The molecule has 0 unspecified atom stereocenters. The van der Waals surface area contributed by atoms with E-state index in [1.165, 1.54) is 5.56 Å². The molecule has 4 aromatic rings. The van der Waals surface area contributed by atoms with Crippen LogP contribution in [0.1, 0.15) is 64.3 Å². The third-order valence-corrected chi connectivity index (χ3v) is 5.82. The van der Waals surface area contributed by atoms with E-state index in [0.717, 1.165) is 11.1 Å². The van der Waals surface area contributed by atoms with Crippen molar-refractivity contribution in [1.29, 1.82) is 0 Å². The molecule has 1 N–H and O–H groups in total. The number of anilines is 1. The van der Waals surface area contributed by atoms with Crippen LogP contribution in [0.5, 0.6) is 0 Å². The first kappa shape index (κ1) is 24.0. The van der Waals surface area contributed by atoms with E-state index in [2.05, 4.69) is 26.1 Å². The van der Waals surface area contributed by atoms with Crippen LogP contribution in [-0.4, -0.2) is 11.9 Å². The lowest BCUT2D eigenvalue weighted by atomic mass is 9.87. The Labute approximate surface area is 206 Å². The Morgan fingerprint density at radius 3 is 1.63 bits per heavy atom. The number of amides is 1. The van der Waals surface area contributed by atoms with E-state index in [1.54, 1.807) is 24.3 Å². The molecule has 0 saturated carbocycles. The summed E-state index contributed by atoms with van der Waals surface area (Å²) in [5, 5.41) is 2.88. The van der Waals surface area contributed by atoms with E-state index in [4.69, 9.17) is 4.74 Å². The first-order valence-corrected chi connectivity index (χ1v) is 11.6. The zero-order chi connectivity index (χ0) is 24.8. The van der Waals surface area contributed by atoms with Gasteiger partial charge < -0.3 is 10.1 Å². The number of rotatable bonds is 6. The summed E-state index contributed by atoms with van der Waals surface area (Å²) in [7, 11) is 0. The fraction of sp³-hybridized carbons (Fsp3) is 0.161. The van der Waals surface area contributed by atoms with Crippen LogP contribution >= 0.6 is 0 Å². The number of carbonyl (C=O) groups excluding carboxylic acids is 2. The minimum atomic E-state index is -0.514. The Bertz CT molecular complexity index is 1230. The zero-order valence-corrected chi connectivity index (χ0v) is 20.2. The van der Waals surface area contributed by atoms with Crippen LogP contribution in [0.4, 0.5) is 5.69 Å². The Balaban J connectivity index is 1.45. The van der Waals surface area contributed by atoms with Crippen molar-refractivity contribution in [2.45, 2.75) is 32.3 Å². The van der Waals surface area contributed by atoms with Gasteiger partial charge in [-0.2, -0.15) is 0 Å². The van der Waals surface area contributed by atoms with Gasteiger partial charge in [0.25, 0.3) is 5.91 Å². The number of esters is 1. The van der Waals surface area contributed by atoms with Crippen LogP contribution in [0, 0.1) is 0 Å². The van der Waals surface area contributed by atoms with E-state index in [-0.39, 0.29) is 11.3 Å². The van der Waals surface area contributed by atoms with Gasteiger partial charge in [-0.1, -0.05) is 93.6 Å². The van der Waals surface area contributed by atoms with Gasteiger partial charge in [0.2, 0.25) is 0 Å². The van der Waals surface area contributed by atoms with Gasteiger partial charge >= 0.3 is 5.97 Å². The number of hydrogen-bond acceptors (Lipinski definition) is 3. The second-order valence-electron chi connectivity index (χ2n) is 9.47. The lowest BCUT2D eigenvalue weighted by molar-refractivity contribution is 0.0378. The summed E-state index contributed by atoms with van der Waals surface area (Å²) < 4.78 is 5.91. The minimum absolute atomic E-state index is 0.0273. The Hall–Kier alpha value is -4.18. The number of carbonyl (C=O) groups is 2. The van der Waals surface area contributed by atoms with Gasteiger partial charge in [-0.15, -0.1) is 0 Å². The van der Waals surface area contributed by atoms with E-state index in [9.17, 15) is 9.59 Å². The SMILES string of the molecule is CC(C)(C)c1ccc(C(=O)Nc2ccc(C(=O)OC(c3ccccc3)c3ccccc3)cc2)cc1. The highest BCUT2D eigenvalue weighted by Gasteiger charge is 2.20. The van der Waals surface area contributed by atoms with Crippen LogP contribution in [0.15, 0.2) is 109 Å². The predicted octanol–water partition coefficient (Wildman–Crippen LogP) is 7.18. The molecule has 35 heavy (non-hydrogen) atoms. The van der Waals surface area contributed by atoms with Gasteiger partial charge in [0.15, 0.2) is 6.10 Å². The third-order valence-electron chi connectivity index (χ3n) is 5.82. The molecule has 176 valence electrons. The van der Waals surface area contributed by atoms with E-state index in [1.807, 2.05) is 84.9 Å². The smallest absolute Gasteiger partial charge is 0.339 e. The van der Waals surface area contributed by atoms with Crippen LogP contribution in [-0.2, 0) is 10.2 Å². The molecule has 0 radical (unpaired) electrons. The standard InChI is InChI=1S/C31H29NO3/c1-31(2,3)26-18-14-24(15-19-26)29(33)32-27-20-16-25(17-21-27)30(34)35-28(22-10-6-4-7-11-22)23-12-8-5-9-13-23/h4-21,28H,1-3H3,(H,32,33). The summed E-state index contributed by atoms with van der Waals surface area (Å²) in [5.74, 6) is -0.632. The number of benzene rings is 4. The summed E-state index contributed by atoms with van der Waals surface area (Å²) in [4.78, 5) is 25.6. The molecule has 1 amide bonds. The highest BCUT2D eigenvalue weighted by atomic mass is 16.5. The van der Waals surface area contributed by atoms with E-state index < -0.39 is 12.1 Å². The Kier molecular flexibility index (Phi) is 7.11. The molecule has 0 aromatic heterocycles. The normalized spacial score (nSPS) is 11.2. The summed E-state index contributed by atoms with van der Waals surface area (Å²) >= 11 is 0. The van der Waals surface area contributed by atoms with Crippen LogP contribution in [0.3, 0.4) is 0 Å². The van der Waals surface area contributed by atoms with Crippen molar-refractivity contribution in [3.8, 4) is 0 Å². The molecule has 0 fully saturated rings. The Morgan fingerprint density at radius 2 is 1.14 bits per heavy atom. The molecule has 0 heterocycles. The van der Waals surface area contributed by atoms with E-state index in [0.29, 0.717) is 16.8 Å². The number of nitrogens with one attached hydrogen (secondary N) is 1. The second-order valence-corrected chi connectivity index (χ2v) is 9.47.